The van der Waals surface area contributed by atoms with Crippen LogP contribution in [-0.2, 0) is 4.74 Å². The summed E-state index contributed by atoms with van der Waals surface area (Å²) >= 11 is 0. The molecule has 2 aliphatic heterocycles. The molecule has 0 unspecified atom stereocenters. The summed E-state index contributed by atoms with van der Waals surface area (Å²) in [5.41, 5.74) is 4.26. The van der Waals surface area contributed by atoms with Crippen molar-refractivity contribution in [3.8, 4) is 0 Å². The molecule has 8 nitrogen and oxygen atoms in total. The predicted molar refractivity (Wildman–Crippen MR) is 134 cm³/mol. The number of ether oxygens (including phenoxy) is 1. The Morgan fingerprint density at radius 1 is 1.15 bits per heavy atom. The van der Waals surface area contributed by atoms with Crippen LogP contribution < -0.4 is 9.80 Å². The van der Waals surface area contributed by atoms with Gasteiger partial charge in [0.1, 0.15) is 17.4 Å². The molecule has 3 heterocycles. The Labute approximate surface area is 198 Å². The van der Waals surface area contributed by atoms with Gasteiger partial charge in [-0.1, -0.05) is 13.0 Å². The van der Waals surface area contributed by atoms with Crippen molar-refractivity contribution in [2.75, 3.05) is 36.0 Å². The molecule has 3 N–H and O–H groups in total. The Balaban J connectivity index is 1.39. The minimum atomic E-state index is -0.395. The van der Waals surface area contributed by atoms with E-state index in [0.29, 0.717) is 29.3 Å². The second-order valence-corrected chi connectivity index (χ2v) is 8.78. The standard InChI is InChI=1S/C26H29N5O3/c1-2-13-34-26(33)17-7-6-8-19(14-17)31-16-22(32)23(24(31)27)25-28-20-10-9-18(15-21(20)29-25)30-11-4-3-5-12-30/h6-10,14-15,27,32H,2-5,11-13,16H2,1H3,(H,28,29). The largest absolute Gasteiger partial charge is 0.509 e. The van der Waals surface area contributed by atoms with Gasteiger partial charge in [0.25, 0.3) is 0 Å². The van der Waals surface area contributed by atoms with Crippen molar-refractivity contribution in [1.82, 2.24) is 9.97 Å². The lowest BCUT2D eigenvalue weighted by Crippen LogP contribution is -2.29. The summed E-state index contributed by atoms with van der Waals surface area (Å²) in [7, 11) is 0. The van der Waals surface area contributed by atoms with Crippen molar-refractivity contribution in [3.05, 3.63) is 59.6 Å². The van der Waals surface area contributed by atoms with E-state index < -0.39 is 5.97 Å². The predicted octanol–water partition coefficient (Wildman–Crippen LogP) is 4.89. The van der Waals surface area contributed by atoms with Crippen LogP contribution in [0.4, 0.5) is 11.4 Å². The fourth-order valence-corrected chi connectivity index (χ4v) is 4.59. The van der Waals surface area contributed by atoms with Crippen LogP contribution in [0.3, 0.4) is 0 Å². The van der Waals surface area contributed by atoms with Gasteiger partial charge in [0.15, 0.2) is 0 Å². The fraction of sp³-hybridized carbons (Fsp3) is 0.346. The van der Waals surface area contributed by atoms with Crippen molar-refractivity contribution in [1.29, 1.82) is 5.41 Å². The molecule has 0 amide bonds. The lowest BCUT2D eigenvalue weighted by Gasteiger charge is -2.28. The molecule has 1 aromatic heterocycles. The van der Waals surface area contributed by atoms with Gasteiger partial charge in [0.2, 0.25) is 0 Å². The van der Waals surface area contributed by atoms with Gasteiger partial charge in [-0.05, 0) is 62.1 Å². The molecule has 1 fully saturated rings. The topological polar surface area (TPSA) is 106 Å². The van der Waals surface area contributed by atoms with Crippen molar-refractivity contribution in [2.24, 2.45) is 0 Å². The van der Waals surface area contributed by atoms with E-state index >= 15 is 0 Å². The number of carbonyl (C=O) groups is 1. The average molecular weight is 460 g/mol. The van der Waals surface area contributed by atoms with Crippen molar-refractivity contribution >= 4 is 39.8 Å². The first kappa shape index (κ1) is 22.0. The minimum Gasteiger partial charge on any atom is -0.509 e. The third-order valence-electron chi connectivity index (χ3n) is 6.36. The number of nitrogens with one attached hydrogen (secondary N) is 2. The maximum absolute atomic E-state index is 12.3. The third-order valence-corrected chi connectivity index (χ3v) is 6.36. The lowest BCUT2D eigenvalue weighted by molar-refractivity contribution is 0.0505. The molecule has 0 saturated carbocycles. The van der Waals surface area contributed by atoms with Crippen LogP contribution in [0.15, 0.2) is 48.2 Å². The third kappa shape index (κ3) is 4.11. The van der Waals surface area contributed by atoms with Crippen LogP contribution in [0, 0.1) is 5.41 Å². The molecule has 0 radical (unpaired) electrons. The van der Waals surface area contributed by atoms with Crippen LogP contribution in [-0.4, -0.2) is 53.1 Å². The fourth-order valence-electron chi connectivity index (χ4n) is 4.59. The number of aliphatic hydroxyl groups excluding tert-OH is 1. The zero-order valence-corrected chi connectivity index (χ0v) is 19.3. The Bertz CT molecular complexity index is 1270. The second kappa shape index (κ2) is 9.21. The molecule has 5 rings (SSSR count). The normalized spacial score (nSPS) is 16.6. The van der Waals surface area contributed by atoms with Crippen molar-refractivity contribution < 1.29 is 14.6 Å². The summed E-state index contributed by atoms with van der Waals surface area (Å²) in [5.74, 6) is 0.272. The second-order valence-electron chi connectivity index (χ2n) is 8.78. The molecule has 3 aromatic rings. The number of carbonyl (C=O) groups excluding carboxylic acids is 1. The number of hydrogen-bond acceptors (Lipinski definition) is 6. The first-order valence-corrected chi connectivity index (χ1v) is 11.9. The molecule has 8 heteroatoms. The summed E-state index contributed by atoms with van der Waals surface area (Å²) in [5, 5.41) is 19.5. The van der Waals surface area contributed by atoms with Gasteiger partial charge in [0, 0.05) is 24.5 Å². The highest BCUT2D eigenvalue weighted by molar-refractivity contribution is 6.30. The number of H-pyrrole nitrogens is 1. The van der Waals surface area contributed by atoms with Crippen LogP contribution in [0.2, 0.25) is 0 Å². The number of anilines is 2. The zero-order chi connectivity index (χ0) is 23.7. The number of aromatic amines is 1. The summed E-state index contributed by atoms with van der Waals surface area (Å²) < 4.78 is 5.23. The number of rotatable bonds is 6. The summed E-state index contributed by atoms with van der Waals surface area (Å²) in [6.45, 7) is 4.56. The molecule has 1 saturated heterocycles. The van der Waals surface area contributed by atoms with E-state index in [2.05, 4.69) is 27.0 Å². The number of benzene rings is 2. The Hall–Kier alpha value is -3.81. The van der Waals surface area contributed by atoms with E-state index in [0.717, 1.165) is 36.2 Å². The molecule has 0 atom stereocenters. The highest BCUT2D eigenvalue weighted by atomic mass is 16.5. The number of fused-ring (bicyclic) bond motifs is 1. The van der Waals surface area contributed by atoms with E-state index in [4.69, 9.17) is 10.1 Å². The number of nitrogens with zero attached hydrogens (tertiary/aromatic N) is 3. The molecule has 176 valence electrons. The van der Waals surface area contributed by atoms with Gasteiger partial charge in [-0.25, -0.2) is 9.78 Å². The maximum atomic E-state index is 12.3. The summed E-state index contributed by atoms with van der Waals surface area (Å²) in [6, 6.07) is 13.1. The van der Waals surface area contributed by atoms with Crippen LogP contribution >= 0.6 is 0 Å². The number of imidazole rings is 1. The first-order chi connectivity index (χ1) is 16.5. The van der Waals surface area contributed by atoms with E-state index in [9.17, 15) is 9.90 Å². The van der Waals surface area contributed by atoms with Crippen LogP contribution in [0.1, 0.15) is 48.8 Å². The zero-order valence-electron chi connectivity index (χ0n) is 19.3. The highest BCUT2D eigenvalue weighted by Gasteiger charge is 2.31. The van der Waals surface area contributed by atoms with E-state index in [1.807, 2.05) is 19.1 Å². The molecule has 2 aliphatic rings. The lowest BCUT2D eigenvalue weighted by atomic mass is 10.1. The van der Waals surface area contributed by atoms with Gasteiger partial charge >= 0.3 is 5.97 Å². The number of aliphatic hydroxyl groups is 1. The molecular weight excluding hydrogens is 430 g/mol. The minimum absolute atomic E-state index is 0.0688. The number of amidine groups is 1. The van der Waals surface area contributed by atoms with E-state index in [1.54, 1.807) is 23.1 Å². The van der Waals surface area contributed by atoms with Gasteiger partial charge < -0.3 is 24.6 Å². The highest BCUT2D eigenvalue weighted by Crippen LogP contribution is 2.32. The summed E-state index contributed by atoms with van der Waals surface area (Å²) in [6.07, 6.45) is 4.44. The van der Waals surface area contributed by atoms with E-state index in [1.165, 1.54) is 19.3 Å². The Morgan fingerprint density at radius 2 is 1.97 bits per heavy atom. The molecule has 2 aromatic carbocycles. The van der Waals surface area contributed by atoms with Gasteiger partial charge in [-0.15, -0.1) is 0 Å². The Kier molecular flexibility index (Phi) is 5.96. The maximum Gasteiger partial charge on any atom is 0.338 e. The van der Waals surface area contributed by atoms with Crippen molar-refractivity contribution in [2.45, 2.75) is 32.6 Å². The monoisotopic (exact) mass is 459 g/mol. The van der Waals surface area contributed by atoms with Gasteiger partial charge in [0.05, 0.1) is 35.3 Å². The summed E-state index contributed by atoms with van der Waals surface area (Å²) in [4.78, 5) is 24.3. The van der Waals surface area contributed by atoms with Crippen molar-refractivity contribution in [3.63, 3.8) is 0 Å². The number of hydrogen-bond donors (Lipinski definition) is 3. The SMILES string of the molecule is CCCOC(=O)c1cccc(N2CC(O)=C(c3nc4ccc(N5CCCCC5)cc4[nH]3)C2=N)c1. The molecular formula is C26H29N5O3. The molecule has 34 heavy (non-hydrogen) atoms. The van der Waals surface area contributed by atoms with Gasteiger partial charge in [-0.2, -0.15) is 0 Å². The average Bonchev–Trinajstić information content (AvgIpc) is 3.42. The Morgan fingerprint density at radius 3 is 2.76 bits per heavy atom. The molecule has 0 bridgehead atoms. The van der Waals surface area contributed by atoms with Crippen LogP contribution in [0.25, 0.3) is 16.6 Å². The van der Waals surface area contributed by atoms with E-state index in [-0.39, 0.29) is 18.1 Å². The smallest absolute Gasteiger partial charge is 0.338 e. The number of piperidine rings is 1. The number of aromatic nitrogens is 2. The molecule has 0 spiro atoms. The van der Waals surface area contributed by atoms with Gasteiger partial charge in [-0.3, -0.25) is 5.41 Å². The first-order valence-electron chi connectivity index (χ1n) is 11.9. The number of esters is 1. The molecule has 0 aliphatic carbocycles. The van der Waals surface area contributed by atoms with Crippen LogP contribution in [0.5, 0.6) is 0 Å². The quantitative estimate of drug-likeness (QED) is 0.454.